The Morgan fingerprint density at radius 1 is 0.848 bits per heavy atom. The van der Waals surface area contributed by atoms with E-state index in [1.165, 1.54) is 18.2 Å². The summed E-state index contributed by atoms with van der Waals surface area (Å²) in [6.45, 7) is 7.78. The van der Waals surface area contributed by atoms with Crippen LogP contribution in [0.25, 0.3) is 0 Å². The molecule has 8 heteroatoms. The SMILES string of the molecule is CC(C)C[C@H](NC(=O)c1cc(Cl)ccc1O)C(=O)N[C@@H](CC(C)C)C(=O)Nc1ccccc1. The number of phenolic OH excluding ortho intramolecular Hbond substituents is 1. The lowest BCUT2D eigenvalue weighted by molar-refractivity contribution is -0.128. The molecule has 33 heavy (non-hydrogen) atoms. The van der Waals surface area contributed by atoms with Gasteiger partial charge in [-0.3, -0.25) is 14.4 Å². The van der Waals surface area contributed by atoms with Gasteiger partial charge in [0.05, 0.1) is 5.56 Å². The van der Waals surface area contributed by atoms with Crippen LogP contribution in [0.3, 0.4) is 0 Å². The van der Waals surface area contributed by atoms with E-state index in [0.717, 1.165) is 0 Å². The number of aromatic hydroxyl groups is 1. The summed E-state index contributed by atoms with van der Waals surface area (Å²) in [6.07, 6.45) is 0.787. The van der Waals surface area contributed by atoms with Crippen LogP contribution < -0.4 is 16.0 Å². The van der Waals surface area contributed by atoms with E-state index in [1.54, 1.807) is 12.1 Å². The Hall–Kier alpha value is -3.06. The third kappa shape index (κ3) is 8.42. The fraction of sp³-hybridized carbons (Fsp3) is 0.400. The van der Waals surface area contributed by atoms with E-state index in [2.05, 4.69) is 16.0 Å². The monoisotopic (exact) mass is 473 g/mol. The zero-order valence-corrected chi connectivity index (χ0v) is 20.1. The van der Waals surface area contributed by atoms with Gasteiger partial charge in [0.1, 0.15) is 17.8 Å². The largest absolute Gasteiger partial charge is 0.507 e. The van der Waals surface area contributed by atoms with E-state index < -0.39 is 23.9 Å². The Kier molecular flexibility index (Phi) is 9.73. The van der Waals surface area contributed by atoms with Crippen LogP contribution in [0.15, 0.2) is 48.5 Å². The predicted molar refractivity (Wildman–Crippen MR) is 130 cm³/mol. The fourth-order valence-corrected chi connectivity index (χ4v) is 3.53. The number of carbonyl (C=O) groups excluding carboxylic acids is 3. The molecule has 0 spiro atoms. The Morgan fingerprint density at radius 3 is 2.00 bits per heavy atom. The van der Waals surface area contributed by atoms with Crippen molar-refractivity contribution in [3.63, 3.8) is 0 Å². The van der Waals surface area contributed by atoms with Crippen LogP contribution in [-0.2, 0) is 9.59 Å². The molecule has 178 valence electrons. The summed E-state index contributed by atoms with van der Waals surface area (Å²) in [4.78, 5) is 38.8. The minimum absolute atomic E-state index is 0.0235. The molecule has 4 N–H and O–H groups in total. The lowest BCUT2D eigenvalue weighted by atomic mass is 9.99. The van der Waals surface area contributed by atoms with E-state index in [9.17, 15) is 19.5 Å². The van der Waals surface area contributed by atoms with Crippen molar-refractivity contribution in [1.82, 2.24) is 10.6 Å². The normalized spacial score (nSPS) is 12.8. The summed E-state index contributed by atoms with van der Waals surface area (Å²) in [6, 6.07) is 11.5. The zero-order chi connectivity index (χ0) is 24.5. The first-order valence-corrected chi connectivity index (χ1v) is 11.4. The number of benzene rings is 2. The van der Waals surface area contributed by atoms with Gasteiger partial charge in [-0.1, -0.05) is 57.5 Å². The molecule has 0 fully saturated rings. The molecule has 2 rings (SSSR count). The van der Waals surface area contributed by atoms with Gasteiger partial charge in [-0.05, 0) is 55.0 Å². The van der Waals surface area contributed by atoms with E-state index in [0.29, 0.717) is 18.5 Å². The number of halogens is 1. The van der Waals surface area contributed by atoms with Gasteiger partial charge in [0.25, 0.3) is 5.91 Å². The molecule has 2 aromatic rings. The van der Waals surface area contributed by atoms with E-state index in [1.807, 2.05) is 45.9 Å². The molecule has 0 bridgehead atoms. The average Bonchev–Trinajstić information content (AvgIpc) is 2.74. The maximum atomic E-state index is 13.2. The number of phenols is 1. The van der Waals surface area contributed by atoms with Gasteiger partial charge in [0, 0.05) is 10.7 Å². The first kappa shape index (κ1) is 26.2. The summed E-state index contributed by atoms with van der Waals surface area (Å²) < 4.78 is 0. The highest BCUT2D eigenvalue weighted by molar-refractivity contribution is 6.31. The van der Waals surface area contributed by atoms with Crippen LogP contribution in [0.5, 0.6) is 5.75 Å². The lowest BCUT2D eigenvalue weighted by Crippen LogP contribution is -2.53. The van der Waals surface area contributed by atoms with E-state index >= 15 is 0 Å². The summed E-state index contributed by atoms with van der Waals surface area (Å²) in [5.41, 5.74) is 0.610. The van der Waals surface area contributed by atoms with Crippen molar-refractivity contribution in [2.75, 3.05) is 5.32 Å². The average molecular weight is 474 g/mol. The second-order valence-electron chi connectivity index (χ2n) is 8.86. The smallest absolute Gasteiger partial charge is 0.255 e. The highest BCUT2D eigenvalue weighted by atomic mass is 35.5. The van der Waals surface area contributed by atoms with Crippen molar-refractivity contribution in [3.8, 4) is 5.75 Å². The first-order valence-electron chi connectivity index (χ1n) is 11.0. The van der Waals surface area contributed by atoms with Crippen LogP contribution >= 0.6 is 11.6 Å². The second-order valence-corrected chi connectivity index (χ2v) is 9.30. The van der Waals surface area contributed by atoms with Crippen molar-refractivity contribution in [2.24, 2.45) is 11.8 Å². The van der Waals surface area contributed by atoms with Crippen LogP contribution in [-0.4, -0.2) is 34.9 Å². The van der Waals surface area contributed by atoms with Crippen LogP contribution in [0.4, 0.5) is 5.69 Å². The molecule has 0 aromatic heterocycles. The third-order valence-electron chi connectivity index (χ3n) is 4.91. The number of para-hydroxylation sites is 1. The topological polar surface area (TPSA) is 108 Å². The number of nitrogens with one attached hydrogen (secondary N) is 3. The molecular formula is C25H32ClN3O4. The summed E-state index contributed by atoms with van der Waals surface area (Å²) in [5.74, 6) is -1.41. The molecule has 0 aliphatic heterocycles. The predicted octanol–water partition coefficient (Wildman–Crippen LogP) is 4.36. The van der Waals surface area contributed by atoms with Crippen LogP contribution in [0.2, 0.25) is 5.02 Å². The minimum atomic E-state index is -0.893. The van der Waals surface area contributed by atoms with Crippen molar-refractivity contribution in [2.45, 2.75) is 52.6 Å². The highest BCUT2D eigenvalue weighted by Crippen LogP contribution is 2.22. The molecule has 0 aliphatic rings. The molecule has 7 nitrogen and oxygen atoms in total. The maximum absolute atomic E-state index is 13.2. The van der Waals surface area contributed by atoms with Gasteiger partial charge in [0.2, 0.25) is 11.8 Å². The number of rotatable bonds is 10. The quantitative estimate of drug-likeness (QED) is 0.411. The number of anilines is 1. The number of hydrogen-bond donors (Lipinski definition) is 4. The lowest BCUT2D eigenvalue weighted by Gasteiger charge is -2.25. The van der Waals surface area contributed by atoms with Crippen molar-refractivity contribution in [1.29, 1.82) is 0 Å². The number of carbonyl (C=O) groups is 3. The van der Waals surface area contributed by atoms with Gasteiger partial charge in [-0.15, -0.1) is 0 Å². The number of hydrogen-bond acceptors (Lipinski definition) is 4. The molecular weight excluding hydrogens is 442 g/mol. The Labute approximate surface area is 199 Å². The molecule has 2 atom stereocenters. The first-order chi connectivity index (χ1) is 15.6. The molecule has 0 heterocycles. The summed E-state index contributed by atoms with van der Waals surface area (Å²) >= 11 is 5.95. The van der Waals surface area contributed by atoms with Crippen molar-refractivity contribution >= 4 is 35.0 Å². The fourth-order valence-electron chi connectivity index (χ4n) is 3.36. The molecule has 0 aliphatic carbocycles. The minimum Gasteiger partial charge on any atom is -0.507 e. The van der Waals surface area contributed by atoms with Gasteiger partial charge in [-0.2, -0.15) is 0 Å². The Morgan fingerprint density at radius 2 is 1.42 bits per heavy atom. The third-order valence-corrected chi connectivity index (χ3v) is 5.15. The van der Waals surface area contributed by atoms with Crippen molar-refractivity contribution < 1.29 is 19.5 Å². The Balaban J connectivity index is 2.18. The highest BCUT2D eigenvalue weighted by Gasteiger charge is 2.28. The van der Waals surface area contributed by atoms with Crippen molar-refractivity contribution in [3.05, 3.63) is 59.1 Å². The molecule has 2 aromatic carbocycles. The van der Waals surface area contributed by atoms with E-state index in [4.69, 9.17) is 11.6 Å². The molecule has 0 saturated heterocycles. The van der Waals surface area contributed by atoms with Gasteiger partial charge < -0.3 is 21.1 Å². The van der Waals surface area contributed by atoms with Crippen LogP contribution in [0.1, 0.15) is 50.9 Å². The molecule has 3 amide bonds. The summed E-state index contributed by atoms with van der Waals surface area (Å²) in [7, 11) is 0. The van der Waals surface area contributed by atoms with Gasteiger partial charge in [-0.25, -0.2) is 0 Å². The maximum Gasteiger partial charge on any atom is 0.255 e. The standard InChI is InChI=1S/C25H32ClN3O4/c1-15(2)12-20(24(32)27-18-8-6-5-7-9-18)29-25(33)21(13-16(3)4)28-23(31)19-14-17(26)10-11-22(19)30/h5-11,14-16,20-21,30H,12-13H2,1-4H3,(H,27,32)(H,28,31)(H,29,33)/t20-,21-/m0/s1. The molecule has 0 unspecified atom stereocenters. The second kappa shape index (κ2) is 12.3. The van der Waals surface area contributed by atoms with Crippen LogP contribution in [0, 0.1) is 11.8 Å². The summed E-state index contributed by atoms with van der Waals surface area (Å²) in [5, 5.41) is 18.6. The zero-order valence-electron chi connectivity index (χ0n) is 19.4. The molecule has 0 saturated carbocycles. The van der Waals surface area contributed by atoms with E-state index in [-0.39, 0.29) is 34.1 Å². The molecule has 0 radical (unpaired) electrons. The Bertz CT molecular complexity index is 963. The number of amides is 3. The van der Waals surface area contributed by atoms with Gasteiger partial charge in [0.15, 0.2) is 0 Å². The van der Waals surface area contributed by atoms with Gasteiger partial charge >= 0.3 is 0 Å².